The normalized spacial score (nSPS) is 21.1. The first-order valence-electron chi connectivity index (χ1n) is 10.2. The average molecular weight is 489 g/mol. The van der Waals surface area contributed by atoms with Crippen LogP contribution in [0.25, 0.3) is 0 Å². The van der Waals surface area contributed by atoms with Crippen LogP contribution >= 0.6 is 11.3 Å². The number of carbonyl (C=O) groups excluding carboxylic acids is 1. The van der Waals surface area contributed by atoms with Crippen LogP contribution in [0.1, 0.15) is 22.8 Å². The smallest absolute Gasteiger partial charge is 0.262 e. The summed E-state index contributed by atoms with van der Waals surface area (Å²) in [6.45, 7) is 0. The molecule has 0 spiro atoms. The molecular weight excluding hydrogens is 464 g/mol. The molecule has 2 heterocycles. The summed E-state index contributed by atoms with van der Waals surface area (Å²) in [5.41, 5.74) is 3.68. The first-order chi connectivity index (χ1) is 15.9. The second-order valence-electron chi connectivity index (χ2n) is 7.76. The zero-order valence-corrected chi connectivity index (χ0v) is 19.4. The minimum atomic E-state index is -4.26. The number of nitrogens with zero attached hydrogens (tertiary/aromatic N) is 1. The van der Waals surface area contributed by atoms with Crippen LogP contribution in [0.4, 0.5) is 0 Å². The summed E-state index contributed by atoms with van der Waals surface area (Å²) in [5, 5.41) is 24.4. The minimum Gasteiger partial charge on any atom is -0.497 e. The number of fused-ring (bicyclic) bond motifs is 1. The molecule has 4 rings (SSSR count). The molecule has 0 bridgehead atoms. The molecule has 10 heteroatoms. The lowest BCUT2D eigenvalue weighted by molar-refractivity contribution is -0.134. The molecule has 8 nitrogen and oxygen atoms in total. The quantitative estimate of drug-likeness (QED) is 0.363. The SMILES string of the molecule is COc1ccc(S(=O)(=O)N2C(C(=O)NO)Cc3cscc3[C@@H](O)[C@H]2Cc2ccccc2)cc1. The van der Waals surface area contributed by atoms with Gasteiger partial charge in [0.25, 0.3) is 5.91 Å². The fourth-order valence-electron chi connectivity index (χ4n) is 4.19. The molecule has 33 heavy (non-hydrogen) atoms. The van der Waals surface area contributed by atoms with Gasteiger partial charge >= 0.3 is 0 Å². The van der Waals surface area contributed by atoms with Gasteiger partial charge in [0.2, 0.25) is 10.0 Å². The van der Waals surface area contributed by atoms with Gasteiger partial charge in [0.05, 0.1) is 24.2 Å². The van der Waals surface area contributed by atoms with Crippen LogP contribution < -0.4 is 10.2 Å². The van der Waals surface area contributed by atoms with E-state index in [1.165, 1.54) is 42.7 Å². The van der Waals surface area contributed by atoms with E-state index >= 15 is 0 Å². The summed E-state index contributed by atoms with van der Waals surface area (Å²) in [5.74, 6) is -0.381. The van der Waals surface area contributed by atoms with Crippen LogP contribution in [0.3, 0.4) is 0 Å². The van der Waals surface area contributed by atoms with Crippen molar-refractivity contribution in [3.05, 3.63) is 82.0 Å². The summed E-state index contributed by atoms with van der Waals surface area (Å²) < 4.78 is 34.0. The average Bonchev–Trinajstić information content (AvgIpc) is 3.26. The van der Waals surface area contributed by atoms with E-state index in [-0.39, 0.29) is 17.7 Å². The highest BCUT2D eigenvalue weighted by molar-refractivity contribution is 7.89. The molecule has 0 aliphatic carbocycles. The van der Waals surface area contributed by atoms with Crippen molar-refractivity contribution < 1.29 is 28.3 Å². The van der Waals surface area contributed by atoms with E-state index in [0.717, 1.165) is 9.87 Å². The number of nitrogens with one attached hydrogen (secondary N) is 1. The fourth-order valence-corrected chi connectivity index (χ4v) is 6.87. The molecule has 2 aromatic carbocycles. The summed E-state index contributed by atoms with van der Waals surface area (Å²) in [7, 11) is -2.79. The van der Waals surface area contributed by atoms with Gasteiger partial charge in [-0.3, -0.25) is 10.0 Å². The van der Waals surface area contributed by atoms with Crippen LogP contribution in [0.2, 0.25) is 0 Å². The molecule has 0 radical (unpaired) electrons. The predicted octanol–water partition coefficient (Wildman–Crippen LogP) is 2.52. The second-order valence-corrected chi connectivity index (χ2v) is 10.3. The van der Waals surface area contributed by atoms with Crippen LogP contribution in [-0.2, 0) is 27.7 Å². The third-order valence-electron chi connectivity index (χ3n) is 5.84. The largest absolute Gasteiger partial charge is 0.497 e. The van der Waals surface area contributed by atoms with Crippen molar-refractivity contribution in [2.24, 2.45) is 0 Å². The van der Waals surface area contributed by atoms with Crippen molar-refractivity contribution >= 4 is 27.3 Å². The maximum Gasteiger partial charge on any atom is 0.262 e. The third-order valence-corrected chi connectivity index (χ3v) is 8.60. The van der Waals surface area contributed by atoms with Crippen molar-refractivity contribution in [3.63, 3.8) is 0 Å². The molecule has 1 amide bonds. The topological polar surface area (TPSA) is 116 Å². The Balaban J connectivity index is 1.88. The summed E-state index contributed by atoms with van der Waals surface area (Å²) >= 11 is 1.37. The molecule has 1 unspecified atom stereocenters. The van der Waals surface area contributed by atoms with Gasteiger partial charge in [-0.05, 0) is 64.6 Å². The number of ether oxygens (including phenoxy) is 1. The molecule has 174 valence electrons. The maximum absolute atomic E-state index is 13.9. The van der Waals surface area contributed by atoms with Gasteiger partial charge in [-0.2, -0.15) is 15.6 Å². The number of hydrogen-bond donors (Lipinski definition) is 3. The van der Waals surface area contributed by atoms with E-state index < -0.39 is 34.1 Å². The van der Waals surface area contributed by atoms with E-state index in [1.54, 1.807) is 16.2 Å². The van der Waals surface area contributed by atoms with E-state index in [2.05, 4.69) is 0 Å². The number of hydroxylamine groups is 1. The lowest BCUT2D eigenvalue weighted by Gasteiger charge is -2.36. The third kappa shape index (κ3) is 4.53. The number of aliphatic hydroxyl groups is 1. The highest BCUT2D eigenvalue weighted by atomic mass is 32.2. The van der Waals surface area contributed by atoms with Crippen molar-refractivity contribution in [2.45, 2.75) is 35.9 Å². The lowest BCUT2D eigenvalue weighted by atomic mass is 9.97. The Morgan fingerprint density at radius 1 is 1.15 bits per heavy atom. The zero-order valence-electron chi connectivity index (χ0n) is 17.8. The van der Waals surface area contributed by atoms with Gasteiger partial charge in [-0.15, -0.1) is 0 Å². The standard InChI is InChI=1S/C23H24N2O6S2/c1-31-17-7-9-18(10-8-17)33(29,30)25-20(11-15-5-3-2-4-6-15)22(26)19-14-32-13-16(19)12-21(25)23(27)24-28/h2-10,13-14,20-22,26,28H,11-12H2,1H3,(H,24,27)/t20-,21?,22-/m1/s1. The number of methoxy groups -OCH3 is 1. The van der Waals surface area contributed by atoms with Crippen molar-refractivity contribution in [1.82, 2.24) is 9.79 Å². The van der Waals surface area contributed by atoms with Gasteiger partial charge in [0.15, 0.2) is 0 Å². The summed E-state index contributed by atoms with van der Waals surface area (Å²) in [6, 6.07) is 12.8. The Kier molecular flexibility index (Phi) is 6.82. The number of carbonyl (C=O) groups is 1. The molecule has 1 aliphatic rings. The lowest BCUT2D eigenvalue weighted by Crippen LogP contribution is -2.55. The Morgan fingerprint density at radius 2 is 1.85 bits per heavy atom. The second kappa shape index (κ2) is 9.62. The van der Waals surface area contributed by atoms with E-state index in [1.807, 2.05) is 30.3 Å². The molecule has 0 fully saturated rings. The monoisotopic (exact) mass is 488 g/mol. The van der Waals surface area contributed by atoms with Crippen LogP contribution in [-0.4, -0.2) is 48.1 Å². The van der Waals surface area contributed by atoms with Gasteiger partial charge in [0.1, 0.15) is 11.8 Å². The van der Waals surface area contributed by atoms with E-state index in [9.17, 15) is 23.5 Å². The Bertz CT molecular complexity index is 1210. The van der Waals surface area contributed by atoms with Gasteiger partial charge < -0.3 is 9.84 Å². The molecule has 3 atom stereocenters. The maximum atomic E-state index is 13.9. The van der Waals surface area contributed by atoms with Gasteiger partial charge in [-0.25, -0.2) is 13.9 Å². The number of sulfonamides is 1. The summed E-state index contributed by atoms with van der Waals surface area (Å²) in [4.78, 5) is 12.7. The molecule has 1 aliphatic heterocycles. The highest BCUT2D eigenvalue weighted by Gasteiger charge is 2.47. The van der Waals surface area contributed by atoms with Gasteiger partial charge in [-0.1, -0.05) is 30.3 Å². The first kappa shape index (κ1) is 23.4. The van der Waals surface area contributed by atoms with Crippen LogP contribution in [0.5, 0.6) is 5.75 Å². The van der Waals surface area contributed by atoms with Crippen LogP contribution in [0.15, 0.2) is 70.3 Å². The van der Waals surface area contributed by atoms with Crippen molar-refractivity contribution in [2.75, 3.05) is 7.11 Å². The number of hydrogen-bond acceptors (Lipinski definition) is 7. The van der Waals surface area contributed by atoms with Crippen molar-refractivity contribution in [3.8, 4) is 5.75 Å². The van der Waals surface area contributed by atoms with Gasteiger partial charge in [0, 0.05) is 0 Å². The van der Waals surface area contributed by atoms with E-state index in [4.69, 9.17) is 4.74 Å². The van der Waals surface area contributed by atoms with Crippen molar-refractivity contribution in [1.29, 1.82) is 0 Å². The van der Waals surface area contributed by atoms with Crippen LogP contribution in [0, 0.1) is 0 Å². The Labute approximate surface area is 196 Å². The minimum absolute atomic E-state index is 0.0168. The number of benzene rings is 2. The number of amides is 1. The molecule has 0 saturated heterocycles. The fraction of sp³-hybridized carbons (Fsp3) is 0.261. The number of thiophene rings is 1. The zero-order chi connectivity index (χ0) is 23.6. The Morgan fingerprint density at radius 3 is 2.48 bits per heavy atom. The first-order valence-corrected chi connectivity index (χ1v) is 12.6. The molecular formula is C23H24N2O6S2. The molecule has 3 aromatic rings. The molecule has 3 N–H and O–H groups in total. The molecule has 1 aromatic heterocycles. The Hall–Kier alpha value is -2.76. The van der Waals surface area contributed by atoms with E-state index in [0.29, 0.717) is 16.9 Å². The molecule has 0 saturated carbocycles. The number of aliphatic hydroxyl groups excluding tert-OH is 1. The highest BCUT2D eigenvalue weighted by Crippen LogP contribution is 2.38. The summed E-state index contributed by atoms with van der Waals surface area (Å²) in [6.07, 6.45) is -0.985. The predicted molar refractivity (Wildman–Crippen MR) is 123 cm³/mol. The number of rotatable bonds is 6.